The van der Waals surface area contributed by atoms with Crippen molar-refractivity contribution in [2.45, 2.75) is 33.7 Å². The molecule has 0 N–H and O–H groups in total. The number of benzene rings is 2. The predicted molar refractivity (Wildman–Crippen MR) is 141 cm³/mol. The van der Waals surface area contributed by atoms with Gasteiger partial charge in [-0.25, -0.2) is 9.79 Å². The monoisotopic (exact) mass is 540 g/mol. The lowest BCUT2D eigenvalue weighted by Gasteiger charge is -2.25. The van der Waals surface area contributed by atoms with Gasteiger partial charge in [-0.15, -0.1) is 0 Å². The van der Waals surface area contributed by atoms with Gasteiger partial charge in [0.1, 0.15) is 6.04 Å². The summed E-state index contributed by atoms with van der Waals surface area (Å²) in [6.45, 7) is 7.12. The Morgan fingerprint density at radius 3 is 2.57 bits per heavy atom. The molecule has 0 radical (unpaired) electrons. The van der Waals surface area contributed by atoms with Gasteiger partial charge in [-0.05, 0) is 56.2 Å². The maximum absolute atomic E-state index is 13.7. The highest BCUT2D eigenvalue weighted by atomic mass is 35.5. The van der Waals surface area contributed by atoms with Crippen molar-refractivity contribution in [1.82, 2.24) is 4.57 Å². The van der Waals surface area contributed by atoms with Gasteiger partial charge < -0.3 is 14.2 Å². The van der Waals surface area contributed by atoms with E-state index in [1.165, 1.54) is 22.8 Å². The van der Waals surface area contributed by atoms with E-state index in [1.807, 2.05) is 6.92 Å². The third-order valence-corrected chi connectivity index (χ3v) is 6.86. The highest BCUT2D eigenvalue weighted by Crippen LogP contribution is 2.34. The molecule has 8 nitrogen and oxygen atoms in total. The van der Waals surface area contributed by atoms with Gasteiger partial charge in [0.05, 0.1) is 29.0 Å². The number of hydrogen-bond acceptors (Lipinski definition) is 8. The second-order valence-corrected chi connectivity index (χ2v) is 9.47. The molecule has 37 heavy (non-hydrogen) atoms. The van der Waals surface area contributed by atoms with Crippen LogP contribution in [0.2, 0.25) is 5.02 Å². The van der Waals surface area contributed by atoms with E-state index in [0.717, 1.165) is 0 Å². The van der Waals surface area contributed by atoms with Crippen molar-refractivity contribution in [3.8, 4) is 11.5 Å². The van der Waals surface area contributed by atoms with Gasteiger partial charge in [-0.2, -0.15) is 0 Å². The van der Waals surface area contributed by atoms with Crippen molar-refractivity contribution in [2.24, 2.45) is 4.99 Å². The Kier molecular flexibility index (Phi) is 7.94. The fraction of sp³-hybridized carbons (Fsp3) is 0.259. The van der Waals surface area contributed by atoms with Crippen LogP contribution in [0.1, 0.15) is 44.9 Å². The summed E-state index contributed by atoms with van der Waals surface area (Å²) in [4.78, 5) is 43.1. The molecular formula is C27H25ClN2O6S. The molecule has 3 aromatic rings. The van der Waals surface area contributed by atoms with Gasteiger partial charge in [-0.3, -0.25) is 14.2 Å². The molecule has 1 aromatic heterocycles. The minimum atomic E-state index is -0.795. The van der Waals surface area contributed by atoms with Crippen molar-refractivity contribution in [3.05, 3.63) is 89.6 Å². The SMILES string of the molecule is CCOC(=O)C1=C(C)N=c2s/c(=C/c3ccc(OC(C)=O)c(OCC)c3)c(=O)n2C1c1ccccc1Cl. The fourth-order valence-electron chi connectivity index (χ4n) is 4.06. The number of thiazole rings is 1. The topological polar surface area (TPSA) is 96.2 Å². The number of hydrogen-bond donors (Lipinski definition) is 0. The number of halogens is 1. The molecule has 0 spiro atoms. The van der Waals surface area contributed by atoms with Crippen LogP contribution >= 0.6 is 22.9 Å². The van der Waals surface area contributed by atoms with E-state index >= 15 is 0 Å². The summed E-state index contributed by atoms with van der Waals surface area (Å²) < 4.78 is 18.0. The molecule has 4 rings (SSSR count). The molecule has 10 heteroatoms. The summed E-state index contributed by atoms with van der Waals surface area (Å²) in [5, 5.41) is 0.418. The molecule has 1 unspecified atom stereocenters. The standard InChI is InChI=1S/C27H25ClN2O6S/c1-5-34-21-13-17(11-12-20(21)36-16(4)31)14-22-25(32)30-24(18-9-7-8-10-19(18)28)23(26(33)35-6-2)15(3)29-27(30)37-22/h7-14,24H,5-6H2,1-4H3/b22-14+. The molecular weight excluding hydrogens is 516 g/mol. The number of fused-ring (bicyclic) bond motifs is 1. The number of allylic oxidation sites excluding steroid dienone is 1. The van der Waals surface area contributed by atoms with E-state index in [4.69, 9.17) is 25.8 Å². The Bertz CT molecular complexity index is 1590. The van der Waals surface area contributed by atoms with Crippen molar-refractivity contribution in [1.29, 1.82) is 0 Å². The van der Waals surface area contributed by atoms with Crippen molar-refractivity contribution in [3.63, 3.8) is 0 Å². The van der Waals surface area contributed by atoms with Crippen LogP contribution in [0.15, 0.2) is 63.5 Å². The second-order valence-electron chi connectivity index (χ2n) is 8.06. The van der Waals surface area contributed by atoms with Crippen LogP contribution in [0.3, 0.4) is 0 Å². The van der Waals surface area contributed by atoms with E-state index in [-0.39, 0.29) is 17.7 Å². The van der Waals surface area contributed by atoms with Crippen molar-refractivity contribution in [2.75, 3.05) is 13.2 Å². The first-order valence-electron chi connectivity index (χ1n) is 11.6. The summed E-state index contributed by atoms with van der Waals surface area (Å²) >= 11 is 7.73. The van der Waals surface area contributed by atoms with Crippen molar-refractivity contribution >= 4 is 41.0 Å². The summed E-state index contributed by atoms with van der Waals surface area (Å²) in [6, 6.07) is 11.3. The van der Waals surface area contributed by atoms with E-state index in [0.29, 0.717) is 49.3 Å². The normalized spacial score (nSPS) is 15.2. The van der Waals surface area contributed by atoms with Crippen LogP contribution in [-0.2, 0) is 14.3 Å². The number of ether oxygens (including phenoxy) is 3. The second kappa shape index (κ2) is 11.1. The van der Waals surface area contributed by atoms with E-state index < -0.39 is 18.0 Å². The Labute approximate surface area is 222 Å². The number of aromatic nitrogens is 1. The number of nitrogens with zero attached hydrogens (tertiary/aromatic N) is 2. The van der Waals surface area contributed by atoms with Gasteiger partial charge in [0.25, 0.3) is 5.56 Å². The van der Waals surface area contributed by atoms with Crippen LogP contribution in [0.4, 0.5) is 0 Å². The molecule has 2 heterocycles. The van der Waals surface area contributed by atoms with Crippen molar-refractivity contribution < 1.29 is 23.8 Å². The summed E-state index contributed by atoms with van der Waals surface area (Å²) in [5.41, 5.74) is 1.66. The van der Waals surface area contributed by atoms with Gasteiger partial charge in [0.15, 0.2) is 16.3 Å². The number of carbonyl (C=O) groups is 2. The Morgan fingerprint density at radius 1 is 1.14 bits per heavy atom. The first-order chi connectivity index (χ1) is 17.7. The molecule has 0 saturated carbocycles. The third kappa shape index (κ3) is 5.38. The van der Waals surface area contributed by atoms with Crippen LogP contribution in [0.5, 0.6) is 11.5 Å². The molecule has 1 atom stereocenters. The molecule has 2 aromatic carbocycles. The lowest BCUT2D eigenvalue weighted by Crippen LogP contribution is -2.40. The first-order valence-corrected chi connectivity index (χ1v) is 12.8. The maximum atomic E-state index is 13.7. The predicted octanol–water partition coefficient (Wildman–Crippen LogP) is 3.78. The lowest BCUT2D eigenvalue weighted by molar-refractivity contribution is -0.139. The molecule has 1 aliphatic heterocycles. The van der Waals surface area contributed by atoms with E-state index in [9.17, 15) is 14.4 Å². The van der Waals surface area contributed by atoms with Crippen LogP contribution < -0.4 is 24.4 Å². The first kappa shape index (κ1) is 26.4. The Balaban J connectivity index is 1.90. The zero-order valence-corrected chi connectivity index (χ0v) is 22.3. The highest BCUT2D eigenvalue weighted by molar-refractivity contribution is 7.07. The summed E-state index contributed by atoms with van der Waals surface area (Å²) in [5.74, 6) is -0.338. The highest BCUT2D eigenvalue weighted by Gasteiger charge is 2.34. The largest absolute Gasteiger partial charge is 0.490 e. The summed E-state index contributed by atoms with van der Waals surface area (Å²) in [6.07, 6.45) is 1.71. The average molecular weight is 541 g/mol. The number of rotatable bonds is 7. The Morgan fingerprint density at radius 2 is 1.89 bits per heavy atom. The van der Waals surface area contributed by atoms with Gasteiger partial charge in [0.2, 0.25) is 0 Å². The minimum Gasteiger partial charge on any atom is -0.490 e. The number of carbonyl (C=O) groups excluding carboxylic acids is 2. The smallest absolute Gasteiger partial charge is 0.338 e. The Hall–Kier alpha value is -3.69. The van der Waals surface area contributed by atoms with Gasteiger partial charge in [0, 0.05) is 11.9 Å². The molecule has 0 saturated heterocycles. The van der Waals surface area contributed by atoms with E-state index in [1.54, 1.807) is 62.4 Å². The molecule has 192 valence electrons. The molecule has 0 fully saturated rings. The molecule has 1 aliphatic rings. The van der Waals surface area contributed by atoms with Crippen LogP contribution in [0, 0.1) is 0 Å². The van der Waals surface area contributed by atoms with Crippen LogP contribution in [-0.4, -0.2) is 29.7 Å². The lowest BCUT2D eigenvalue weighted by atomic mass is 9.96. The average Bonchev–Trinajstić information content (AvgIpc) is 3.14. The molecule has 0 bridgehead atoms. The zero-order valence-electron chi connectivity index (χ0n) is 20.7. The zero-order chi connectivity index (χ0) is 26.7. The quantitative estimate of drug-likeness (QED) is 0.334. The summed E-state index contributed by atoms with van der Waals surface area (Å²) in [7, 11) is 0. The van der Waals surface area contributed by atoms with E-state index in [2.05, 4.69) is 4.99 Å². The number of esters is 2. The molecule has 0 amide bonds. The molecule has 0 aliphatic carbocycles. The van der Waals surface area contributed by atoms with Gasteiger partial charge >= 0.3 is 11.9 Å². The maximum Gasteiger partial charge on any atom is 0.338 e. The van der Waals surface area contributed by atoms with Gasteiger partial charge in [-0.1, -0.05) is 47.2 Å². The third-order valence-electron chi connectivity index (χ3n) is 5.54. The van der Waals surface area contributed by atoms with Crippen LogP contribution in [0.25, 0.3) is 6.08 Å². The minimum absolute atomic E-state index is 0.181. The fourth-order valence-corrected chi connectivity index (χ4v) is 5.34.